The highest BCUT2D eigenvalue weighted by Gasteiger charge is 2.08. The molecule has 110 valence electrons. The molecule has 0 unspecified atom stereocenters. The van der Waals surface area contributed by atoms with Gasteiger partial charge in [0.15, 0.2) is 0 Å². The van der Waals surface area contributed by atoms with Crippen LogP contribution in [0.25, 0.3) is 6.08 Å². The molecule has 0 saturated carbocycles. The quantitative estimate of drug-likeness (QED) is 0.795. The van der Waals surface area contributed by atoms with Crippen LogP contribution >= 0.6 is 34.5 Å². The predicted molar refractivity (Wildman–Crippen MR) is 89.6 cm³/mol. The van der Waals surface area contributed by atoms with Gasteiger partial charge in [-0.05, 0) is 35.9 Å². The van der Waals surface area contributed by atoms with E-state index >= 15 is 0 Å². The number of carboxylic acid groups (broad SMARTS) is 1. The second-order valence-electron chi connectivity index (χ2n) is 4.44. The van der Waals surface area contributed by atoms with Crippen molar-refractivity contribution in [3.05, 3.63) is 56.2 Å². The van der Waals surface area contributed by atoms with Gasteiger partial charge in [0, 0.05) is 18.0 Å². The summed E-state index contributed by atoms with van der Waals surface area (Å²) in [5.41, 5.74) is 1.63. The van der Waals surface area contributed by atoms with Crippen molar-refractivity contribution in [3.8, 4) is 0 Å². The minimum Gasteiger partial charge on any atom is -0.478 e. The van der Waals surface area contributed by atoms with Crippen LogP contribution in [0.5, 0.6) is 0 Å². The Morgan fingerprint density at radius 1 is 1.33 bits per heavy atom. The van der Waals surface area contributed by atoms with Crippen molar-refractivity contribution in [1.29, 1.82) is 0 Å². The van der Waals surface area contributed by atoms with E-state index in [9.17, 15) is 4.79 Å². The van der Waals surface area contributed by atoms with Crippen molar-refractivity contribution in [3.63, 3.8) is 0 Å². The average Bonchev–Trinajstić information content (AvgIpc) is 2.81. The lowest BCUT2D eigenvalue weighted by atomic mass is 10.2. The van der Waals surface area contributed by atoms with Crippen molar-refractivity contribution in [2.24, 2.45) is 0 Å². The van der Waals surface area contributed by atoms with E-state index < -0.39 is 5.97 Å². The Balaban J connectivity index is 2.14. The summed E-state index contributed by atoms with van der Waals surface area (Å²) in [7, 11) is 1.95. The maximum absolute atomic E-state index is 10.5. The smallest absolute Gasteiger partial charge is 0.328 e. The third-order valence-electron chi connectivity index (χ3n) is 2.82. The number of aliphatic carboxylic acids is 1. The first-order chi connectivity index (χ1) is 9.95. The number of thiophene rings is 1. The Labute approximate surface area is 137 Å². The summed E-state index contributed by atoms with van der Waals surface area (Å²) in [6.45, 7) is 0.710. The van der Waals surface area contributed by atoms with Crippen LogP contribution in [0.1, 0.15) is 10.4 Å². The van der Waals surface area contributed by atoms with E-state index in [2.05, 4.69) is 0 Å². The minimum atomic E-state index is -0.984. The van der Waals surface area contributed by atoms with Crippen LogP contribution in [0.3, 0.4) is 0 Å². The van der Waals surface area contributed by atoms with Gasteiger partial charge in [-0.15, -0.1) is 11.3 Å². The Morgan fingerprint density at radius 2 is 2.10 bits per heavy atom. The van der Waals surface area contributed by atoms with E-state index in [4.69, 9.17) is 28.3 Å². The first-order valence-corrected chi connectivity index (χ1v) is 7.69. The molecule has 0 aliphatic rings. The highest BCUT2D eigenvalue weighted by atomic mass is 35.5. The fraction of sp³-hybridized carbons (Fsp3) is 0.133. The van der Waals surface area contributed by atoms with Crippen LogP contribution in [-0.4, -0.2) is 18.1 Å². The van der Waals surface area contributed by atoms with Gasteiger partial charge in [0.25, 0.3) is 0 Å². The lowest BCUT2D eigenvalue weighted by molar-refractivity contribution is -0.131. The van der Waals surface area contributed by atoms with E-state index in [1.54, 1.807) is 6.07 Å². The molecule has 1 N–H and O–H groups in total. The summed E-state index contributed by atoms with van der Waals surface area (Å²) >= 11 is 13.7. The Hall–Kier alpha value is -1.49. The lowest BCUT2D eigenvalue weighted by Gasteiger charge is -2.20. The Bertz CT molecular complexity index is 682. The van der Waals surface area contributed by atoms with Crippen molar-refractivity contribution in [2.45, 2.75) is 6.54 Å². The molecule has 21 heavy (non-hydrogen) atoms. The normalized spacial score (nSPS) is 11.0. The van der Waals surface area contributed by atoms with Crippen LogP contribution < -0.4 is 4.90 Å². The van der Waals surface area contributed by atoms with Crippen molar-refractivity contribution in [2.75, 3.05) is 11.9 Å². The van der Waals surface area contributed by atoms with Gasteiger partial charge >= 0.3 is 5.97 Å². The van der Waals surface area contributed by atoms with E-state index in [-0.39, 0.29) is 0 Å². The molecule has 1 heterocycles. The molecule has 0 fully saturated rings. The molecular formula is C15H13Cl2NO2S. The molecule has 6 heteroatoms. The topological polar surface area (TPSA) is 40.5 Å². The number of hydrogen-bond donors (Lipinski definition) is 1. The van der Waals surface area contributed by atoms with Crippen LogP contribution in [0.2, 0.25) is 9.36 Å². The van der Waals surface area contributed by atoms with Crippen molar-refractivity contribution < 1.29 is 9.90 Å². The summed E-state index contributed by atoms with van der Waals surface area (Å²) in [4.78, 5) is 13.7. The number of benzene rings is 1. The number of carboxylic acids is 1. The highest BCUT2D eigenvalue weighted by Crippen LogP contribution is 2.29. The van der Waals surface area contributed by atoms with Gasteiger partial charge in [0.2, 0.25) is 0 Å². The number of hydrogen-bond acceptors (Lipinski definition) is 3. The number of rotatable bonds is 5. The van der Waals surface area contributed by atoms with Gasteiger partial charge < -0.3 is 10.0 Å². The molecule has 2 aromatic rings. The maximum atomic E-state index is 10.5. The summed E-state index contributed by atoms with van der Waals surface area (Å²) in [6, 6.07) is 9.31. The minimum absolute atomic E-state index is 0.577. The maximum Gasteiger partial charge on any atom is 0.328 e. The van der Waals surface area contributed by atoms with Gasteiger partial charge in [0.1, 0.15) is 0 Å². The van der Waals surface area contributed by atoms with Crippen LogP contribution in [0, 0.1) is 0 Å². The predicted octanol–water partition coefficient (Wildman–Crippen LogP) is 4.79. The van der Waals surface area contributed by atoms with Gasteiger partial charge in [-0.2, -0.15) is 0 Å². The van der Waals surface area contributed by atoms with Crippen LogP contribution in [0.15, 0.2) is 36.4 Å². The molecular weight excluding hydrogens is 329 g/mol. The molecule has 0 aliphatic heterocycles. The van der Waals surface area contributed by atoms with E-state index in [1.807, 2.05) is 36.2 Å². The zero-order valence-electron chi connectivity index (χ0n) is 11.2. The largest absolute Gasteiger partial charge is 0.478 e. The number of carbonyl (C=O) groups is 1. The number of nitrogens with zero attached hydrogens (tertiary/aromatic N) is 1. The highest BCUT2D eigenvalue weighted by molar-refractivity contribution is 7.16. The Kier molecular flexibility index (Phi) is 5.28. The van der Waals surface area contributed by atoms with Crippen LogP contribution in [-0.2, 0) is 11.3 Å². The van der Waals surface area contributed by atoms with Gasteiger partial charge in [-0.25, -0.2) is 4.79 Å². The van der Waals surface area contributed by atoms with Crippen LogP contribution in [0.4, 0.5) is 5.69 Å². The summed E-state index contributed by atoms with van der Waals surface area (Å²) < 4.78 is 0.763. The second-order valence-corrected chi connectivity index (χ2v) is 6.65. The first kappa shape index (κ1) is 15.9. The third-order valence-corrected chi connectivity index (χ3v) is 4.34. The van der Waals surface area contributed by atoms with E-state index in [1.165, 1.54) is 17.4 Å². The fourth-order valence-electron chi connectivity index (χ4n) is 1.86. The van der Waals surface area contributed by atoms with Gasteiger partial charge in [0.05, 0.1) is 21.6 Å². The standard InChI is InChI=1S/C15H13Cl2NO2S/c1-18(9-11-4-6-14(17)21-11)13-5-2-10(8-12(13)16)3-7-15(19)20/h2-8H,9H2,1H3,(H,19,20)/b7-3+. The molecule has 0 radical (unpaired) electrons. The molecule has 0 atom stereocenters. The number of anilines is 1. The second kappa shape index (κ2) is 6.98. The van der Waals surface area contributed by atoms with Crippen molar-refractivity contribution >= 4 is 52.3 Å². The SMILES string of the molecule is CN(Cc1ccc(Cl)s1)c1ccc(/C=C/C(=O)O)cc1Cl. The fourth-order valence-corrected chi connectivity index (χ4v) is 3.33. The van der Waals surface area contributed by atoms with E-state index in [0.29, 0.717) is 11.6 Å². The third kappa shape index (κ3) is 4.49. The first-order valence-electron chi connectivity index (χ1n) is 6.11. The zero-order chi connectivity index (χ0) is 15.4. The molecule has 1 aromatic heterocycles. The molecule has 0 aliphatic carbocycles. The monoisotopic (exact) mass is 341 g/mol. The molecule has 0 spiro atoms. The Morgan fingerprint density at radius 3 is 2.67 bits per heavy atom. The summed E-state index contributed by atoms with van der Waals surface area (Å²) in [6.07, 6.45) is 2.60. The lowest BCUT2D eigenvalue weighted by Crippen LogP contribution is -2.15. The van der Waals surface area contributed by atoms with E-state index in [0.717, 1.165) is 26.5 Å². The molecule has 1 aromatic carbocycles. The molecule has 0 bridgehead atoms. The molecule has 3 nitrogen and oxygen atoms in total. The molecule has 0 amide bonds. The number of halogens is 2. The van der Waals surface area contributed by atoms with Gasteiger partial charge in [-0.1, -0.05) is 29.3 Å². The summed E-state index contributed by atoms with van der Waals surface area (Å²) in [5, 5.41) is 9.19. The zero-order valence-corrected chi connectivity index (χ0v) is 13.5. The van der Waals surface area contributed by atoms with Gasteiger partial charge in [-0.3, -0.25) is 0 Å². The average molecular weight is 342 g/mol. The molecule has 0 saturated heterocycles. The summed E-state index contributed by atoms with van der Waals surface area (Å²) in [5.74, 6) is -0.984. The molecule has 2 rings (SSSR count). The van der Waals surface area contributed by atoms with Crippen molar-refractivity contribution in [1.82, 2.24) is 0 Å².